The second kappa shape index (κ2) is 28.6. The van der Waals surface area contributed by atoms with Crippen LogP contribution in [0.5, 0.6) is 0 Å². The Bertz CT molecular complexity index is 11.7. The minimum absolute atomic E-state index is 0. The van der Waals surface area contributed by atoms with Crippen LogP contribution in [0.4, 0.5) is 0 Å². The van der Waals surface area contributed by atoms with Crippen molar-refractivity contribution >= 4 is 42.7 Å². The van der Waals surface area contributed by atoms with E-state index in [0.29, 0.717) is 0 Å². The molecule has 0 atom stereocenters. The zero-order chi connectivity index (χ0) is 5.41. The molecule has 0 aliphatic carbocycles. The molecule has 0 saturated heterocycles. The maximum absolute atomic E-state index is 8.38. The van der Waals surface area contributed by atoms with E-state index in [4.69, 9.17) is 20.1 Å². The summed E-state index contributed by atoms with van der Waals surface area (Å²) in [5, 5.41) is 33.5. The van der Waals surface area contributed by atoms with E-state index < -0.39 is 15.4 Å². The van der Waals surface area contributed by atoms with Crippen molar-refractivity contribution in [2.24, 2.45) is 0 Å². The van der Waals surface area contributed by atoms with Crippen molar-refractivity contribution in [3.8, 4) is 0 Å². The molecule has 0 aliphatic heterocycles. The van der Waals surface area contributed by atoms with Crippen LogP contribution in [0.25, 0.3) is 0 Å². The Hall–Kier alpha value is 0.892. The van der Waals surface area contributed by atoms with Crippen LogP contribution in [0.15, 0.2) is 0 Å². The molecule has 0 saturated carbocycles. The molecule has 0 aromatic heterocycles. The SMILES string of the molecule is [O-]B[O-].[O-]B[O-].[Pb+4]. The third-order valence-electron chi connectivity index (χ3n) is 0. The van der Waals surface area contributed by atoms with Gasteiger partial charge >= 0.3 is 27.3 Å². The van der Waals surface area contributed by atoms with E-state index >= 15 is 0 Å². The van der Waals surface area contributed by atoms with Gasteiger partial charge in [-0.1, -0.05) is 0 Å². The van der Waals surface area contributed by atoms with Gasteiger partial charge in [0.05, 0.1) is 0 Å². The molecule has 0 N–H and O–H groups in total. The summed E-state index contributed by atoms with van der Waals surface area (Å²) in [6, 6.07) is 0. The van der Waals surface area contributed by atoms with Gasteiger partial charge in [-0.15, -0.1) is 15.4 Å². The standard InChI is InChI=1S/2BHO2.Pb/c2*2-1-3;/h2*1H;/q2*-2;+4. The third-order valence-corrected chi connectivity index (χ3v) is 0. The predicted molar refractivity (Wildman–Crippen MR) is 20.1 cm³/mol. The van der Waals surface area contributed by atoms with Crippen molar-refractivity contribution < 1.29 is 20.1 Å². The fourth-order valence-electron chi connectivity index (χ4n) is 0. The van der Waals surface area contributed by atoms with Crippen LogP contribution < -0.4 is 20.1 Å². The molecule has 0 aromatic carbocycles. The fraction of sp³-hybridized carbons (Fsp3) is 0. The molecule has 4 nitrogen and oxygen atoms in total. The topological polar surface area (TPSA) is 92.2 Å². The average molecular weight is 295 g/mol. The Morgan fingerprint density at radius 2 is 0.714 bits per heavy atom. The van der Waals surface area contributed by atoms with Gasteiger partial charge in [0.1, 0.15) is 0 Å². The zero-order valence-corrected chi connectivity index (χ0v) is 7.43. The second-order valence-electron chi connectivity index (χ2n) is 0.236. The fourth-order valence-corrected chi connectivity index (χ4v) is 0. The largest absolute Gasteiger partial charge is 4.00 e. The Labute approximate surface area is 63.0 Å². The molecule has 0 unspecified atom stereocenters. The van der Waals surface area contributed by atoms with Gasteiger partial charge in [-0.05, 0) is 0 Å². The summed E-state index contributed by atoms with van der Waals surface area (Å²) in [7, 11) is -2.50. The molecule has 0 aliphatic rings. The van der Waals surface area contributed by atoms with Crippen LogP contribution in [0, 0.1) is 0 Å². The molecule has 0 bridgehead atoms. The van der Waals surface area contributed by atoms with Crippen LogP contribution in [0.2, 0.25) is 0 Å². The summed E-state index contributed by atoms with van der Waals surface area (Å²) in [6.07, 6.45) is 0. The first kappa shape index (κ1) is 15.7. The van der Waals surface area contributed by atoms with Gasteiger partial charge in [0.15, 0.2) is 0 Å². The molecule has 0 aromatic rings. The van der Waals surface area contributed by atoms with E-state index in [1.54, 1.807) is 0 Å². The van der Waals surface area contributed by atoms with E-state index in [0.717, 1.165) is 0 Å². The molecule has 7 heteroatoms. The van der Waals surface area contributed by atoms with E-state index in [1.165, 1.54) is 0 Å². The third kappa shape index (κ3) is 207. The average Bonchev–Trinajstić information content (AvgIpc) is 1.39. The first-order valence-corrected chi connectivity index (χ1v) is 1.15. The Morgan fingerprint density at radius 3 is 0.714 bits per heavy atom. The van der Waals surface area contributed by atoms with Crippen LogP contribution in [0.1, 0.15) is 0 Å². The van der Waals surface area contributed by atoms with E-state index in [2.05, 4.69) is 0 Å². The van der Waals surface area contributed by atoms with Crippen LogP contribution in [-0.2, 0) is 0 Å². The van der Waals surface area contributed by atoms with Gasteiger partial charge in [0.25, 0.3) is 0 Å². The molecule has 0 rings (SSSR count). The van der Waals surface area contributed by atoms with Crippen molar-refractivity contribution in [1.29, 1.82) is 0 Å². The Morgan fingerprint density at radius 1 is 0.714 bits per heavy atom. The van der Waals surface area contributed by atoms with Crippen LogP contribution in [-0.4, -0.2) is 42.7 Å². The van der Waals surface area contributed by atoms with Gasteiger partial charge in [0, 0.05) is 0 Å². The molecular weight excluding hydrogens is 293 g/mol. The van der Waals surface area contributed by atoms with Crippen molar-refractivity contribution in [2.45, 2.75) is 0 Å². The molecule has 36 valence electrons. The van der Waals surface area contributed by atoms with Gasteiger partial charge in [-0.3, -0.25) is 0 Å². The molecular formula is H2B2O4Pb. The van der Waals surface area contributed by atoms with E-state index in [9.17, 15) is 0 Å². The number of hydrogen-bond acceptors (Lipinski definition) is 4. The van der Waals surface area contributed by atoms with Gasteiger partial charge in [-0.25, -0.2) is 0 Å². The van der Waals surface area contributed by atoms with Gasteiger partial charge in [0.2, 0.25) is 0 Å². The summed E-state index contributed by atoms with van der Waals surface area (Å²) < 4.78 is 0. The minimum Gasteiger partial charge on any atom is -0.896 e. The van der Waals surface area contributed by atoms with Crippen molar-refractivity contribution in [2.75, 3.05) is 0 Å². The molecule has 0 fully saturated rings. The maximum atomic E-state index is 8.38. The maximum Gasteiger partial charge on any atom is 4.00 e. The first-order chi connectivity index (χ1) is 2.83. The van der Waals surface area contributed by atoms with E-state index in [1.807, 2.05) is 0 Å². The molecule has 0 radical (unpaired) electrons. The smallest absolute Gasteiger partial charge is 0.896 e. The molecule has 0 heterocycles. The summed E-state index contributed by atoms with van der Waals surface area (Å²) in [4.78, 5) is 0. The first-order valence-electron chi connectivity index (χ1n) is 1.15. The Balaban J connectivity index is -0.0000000400. The van der Waals surface area contributed by atoms with E-state index in [-0.39, 0.29) is 27.3 Å². The summed E-state index contributed by atoms with van der Waals surface area (Å²) in [6.45, 7) is 0. The quantitative estimate of drug-likeness (QED) is 0.415. The van der Waals surface area contributed by atoms with Crippen molar-refractivity contribution in [1.82, 2.24) is 0 Å². The molecule has 0 amide bonds. The summed E-state index contributed by atoms with van der Waals surface area (Å²) in [5.41, 5.74) is 0. The molecule has 0 spiro atoms. The minimum atomic E-state index is -1.25. The number of rotatable bonds is 0. The molecule has 7 heavy (non-hydrogen) atoms. The normalized spacial score (nSPS) is 4.00. The van der Waals surface area contributed by atoms with Crippen molar-refractivity contribution in [3.63, 3.8) is 0 Å². The zero-order valence-electron chi connectivity index (χ0n) is 3.55. The second-order valence-corrected chi connectivity index (χ2v) is 0.236. The monoisotopic (exact) mass is 296 g/mol. The summed E-state index contributed by atoms with van der Waals surface area (Å²) >= 11 is 0. The van der Waals surface area contributed by atoms with Crippen LogP contribution >= 0.6 is 0 Å². The predicted octanol–water partition coefficient (Wildman–Crippen LogP) is -6.43. The number of hydrogen-bond donors (Lipinski definition) is 0. The van der Waals surface area contributed by atoms with Gasteiger partial charge < -0.3 is 20.1 Å². The van der Waals surface area contributed by atoms with Crippen molar-refractivity contribution in [3.05, 3.63) is 0 Å². The Kier molecular flexibility index (Phi) is 64.0. The van der Waals surface area contributed by atoms with Crippen LogP contribution in [0.3, 0.4) is 0 Å². The summed E-state index contributed by atoms with van der Waals surface area (Å²) in [5.74, 6) is 0. The van der Waals surface area contributed by atoms with Gasteiger partial charge in [-0.2, -0.15) is 0 Å².